The zero-order valence-electron chi connectivity index (χ0n) is 45.8. The Balaban J connectivity index is 1.04. The third-order valence-electron chi connectivity index (χ3n) is 12.8. The van der Waals surface area contributed by atoms with Crippen LogP contribution >= 0.6 is 0 Å². The number of amides is 7. The van der Waals surface area contributed by atoms with Gasteiger partial charge in [-0.1, -0.05) is 32.9 Å². The Morgan fingerprint density at radius 1 is 0.747 bits per heavy atom. The number of hydrogen-bond donors (Lipinski definition) is 6. The van der Waals surface area contributed by atoms with Gasteiger partial charge in [0.2, 0.25) is 41.1 Å². The molecule has 6 aromatic rings. The molecule has 1 aliphatic rings. The molecule has 1 aliphatic heterocycles. The quantitative estimate of drug-likeness (QED) is 0.0163. The van der Waals surface area contributed by atoms with E-state index in [-0.39, 0.29) is 114 Å². The molecule has 29 heteroatoms. The zero-order valence-corrected chi connectivity index (χ0v) is 45.8. The number of nitrogens with one attached hydrogen (secondary N) is 3. The lowest BCUT2D eigenvalue weighted by Crippen LogP contribution is -2.39. The summed E-state index contributed by atoms with van der Waals surface area (Å²) in [4.78, 5) is 162. The van der Waals surface area contributed by atoms with E-state index in [4.69, 9.17) is 29.8 Å². The smallest absolute Gasteiger partial charge is 0.309 e. The molecule has 0 fully saturated rings. The Morgan fingerprint density at radius 3 is 1.92 bits per heavy atom. The van der Waals surface area contributed by atoms with Gasteiger partial charge in [0, 0.05) is 82.5 Å². The summed E-state index contributed by atoms with van der Waals surface area (Å²) in [5.74, 6) is -9.94. The number of aryl methyl sites for hydroxylation is 4. The predicted octanol–water partition coefficient (Wildman–Crippen LogP) is 2.85. The molecule has 436 valence electrons. The van der Waals surface area contributed by atoms with E-state index in [1.165, 1.54) is 31.3 Å². The Morgan fingerprint density at radius 2 is 1.33 bits per heavy atom. The largest absolute Gasteiger partial charge is 0.491 e. The number of ketones is 2. The molecule has 0 bridgehead atoms. The first-order chi connectivity index (χ1) is 39.5. The normalized spacial score (nSPS) is 13.0. The van der Waals surface area contributed by atoms with E-state index in [0.717, 1.165) is 12.2 Å². The lowest BCUT2D eigenvalue weighted by Gasteiger charge is -2.18. The number of allylic oxidation sites excluding steroid dienone is 2. The number of anilines is 2. The minimum Gasteiger partial charge on any atom is -0.491 e. The lowest BCUT2D eigenvalue weighted by molar-refractivity contribution is -0.149. The fourth-order valence-electron chi connectivity index (χ4n) is 8.73. The minimum atomic E-state index is -1.24. The Hall–Kier alpha value is -10.2. The Kier molecular flexibility index (Phi) is 19.5. The van der Waals surface area contributed by atoms with E-state index in [9.17, 15) is 57.8 Å². The van der Waals surface area contributed by atoms with Gasteiger partial charge in [-0.2, -0.15) is 0 Å². The molecule has 5 aromatic heterocycles. The monoisotopic (exact) mass is 1150 g/mol. The van der Waals surface area contributed by atoms with Gasteiger partial charge in [-0.15, -0.1) is 0 Å². The average Bonchev–Trinajstić information content (AvgIpc) is 2.89. The van der Waals surface area contributed by atoms with Gasteiger partial charge in [0.25, 0.3) is 23.6 Å². The van der Waals surface area contributed by atoms with Gasteiger partial charge in [-0.05, 0) is 37.5 Å². The van der Waals surface area contributed by atoms with Crippen molar-refractivity contribution in [1.29, 1.82) is 0 Å². The minimum absolute atomic E-state index is 0.000787. The number of pyridine rings is 1. The van der Waals surface area contributed by atoms with Crippen LogP contribution in [0, 0.1) is 25.7 Å². The van der Waals surface area contributed by atoms with E-state index in [2.05, 4.69) is 40.9 Å². The maximum atomic E-state index is 13.8. The van der Waals surface area contributed by atoms with Crippen LogP contribution in [0.1, 0.15) is 118 Å². The first kappa shape index (κ1) is 60.4. The van der Waals surface area contributed by atoms with Gasteiger partial charge in [-0.3, -0.25) is 72.8 Å². The van der Waals surface area contributed by atoms with Gasteiger partial charge >= 0.3 is 11.9 Å². The number of carbonyl (C=O) groups is 11. The van der Waals surface area contributed by atoms with Gasteiger partial charge in [0.15, 0.2) is 29.0 Å². The maximum absolute atomic E-state index is 13.8. The van der Waals surface area contributed by atoms with Crippen molar-refractivity contribution in [2.24, 2.45) is 23.3 Å². The number of imidazole rings is 2. The molecule has 7 rings (SSSR count). The molecule has 7 amide bonds. The van der Waals surface area contributed by atoms with Gasteiger partial charge in [0.05, 0.1) is 54.7 Å². The molecule has 0 spiro atoms. The number of ether oxygens (including phenoxy) is 2. The molecule has 2 atom stereocenters. The molecule has 0 saturated carbocycles. The fourth-order valence-corrected chi connectivity index (χ4v) is 8.73. The highest BCUT2D eigenvalue weighted by atomic mass is 16.5. The topological polar surface area (TPSA) is 418 Å². The van der Waals surface area contributed by atoms with Crippen LogP contribution in [0.2, 0.25) is 0 Å². The van der Waals surface area contributed by atoms with Gasteiger partial charge < -0.3 is 44.8 Å². The van der Waals surface area contributed by atoms with Crippen LogP contribution in [0.3, 0.4) is 0 Å². The zero-order chi connectivity index (χ0) is 60.2. The fraction of sp³-hybridized carbons (Fsp3) is 0.370. The number of benzene rings is 1. The first-order valence-corrected chi connectivity index (χ1v) is 26.1. The number of fused-ring (bicyclic) bond motifs is 2. The highest BCUT2D eigenvalue weighted by Gasteiger charge is 2.30. The van der Waals surface area contributed by atoms with E-state index >= 15 is 0 Å². The molecule has 6 heterocycles. The molecule has 0 radical (unpaired) electrons. The van der Waals surface area contributed by atoms with Crippen molar-refractivity contribution >= 4 is 98.9 Å². The van der Waals surface area contributed by atoms with Crippen molar-refractivity contribution in [2.75, 3.05) is 36.9 Å². The Bertz CT molecular complexity index is 3620. The average molecular weight is 1150 g/mol. The van der Waals surface area contributed by atoms with Crippen LogP contribution in [0.4, 0.5) is 11.9 Å². The van der Waals surface area contributed by atoms with E-state index in [1.54, 1.807) is 42.1 Å². The standard InChI is InChI=1S/C54H59N13O16/c1-6-35-44(82-28(4)59-35)50(77)63-53-61-37-21-31(46(55)74)23-39(43(37)65(53)15-8-9-16-66-48-38(22-32(24-57-48)47(56)75)62-54(66)64-51(78)45-36(7-2)60-29(5)83-45)80-17-10-18-81-52(79)27(3)19-33(68)25-58-49(76)30(11-14-42(72)73)20-34(69)26-67-40(70)12-13-41(67)71/h8-9,12-13,21-24,27,30H,6-7,10-11,14-20,25-26H2,1-5H3,(H2,55,74)(H2,56,75)(H,58,76)(H,72,73)(H,61,63,77)(H,62,64,78)/b9-8+/t27-,30+/m0/s1. The molecule has 1 aromatic carbocycles. The predicted molar refractivity (Wildman–Crippen MR) is 289 cm³/mol. The number of hydrogen-bond acceptors (Lipinski definition) is 20. The number of carboxylic acid groups (broad SMARTS) is 1. The molecule has 8 N–H and O–H groups in total. The number of aromatic nitrogens is 7. The number of esters is 1. The van der Waals surface area contributed by atoms with Crippen molar-refractivity contribution < 1.29 is 76.2 Å². The summed E-state index contributed by atoms with van der Waals surface area (Å²) >= 11 is 0. The van der Waals surface area contributed by atoms with Crippen LogP contribution < -0.4 is 32.2 Å². The summed E-state index contributed by atoms with van der Waals surface area (Å²) in [5, 5.41) is 17.1. The first-order valence-electron chi connectivity index (χ1n) is 26.1. The number of imide groups is 1. The lowest BCUT2D eigenvalue weighted by atomic mass is 9.95. The van der Waals surface area contributed by atoms with Crippen LogP contribution in [-0.2, 0) is 64.2 Å². The van der Waals surface area contributed by atoms with Crippen LogP contribution in [0.25, 0.3) is 22.2 Å². The summed E-state index contributed by atoms with van der Waals surface area (Å²) in [7, 11) is 0. The number of aliphatic carboxylic acids is 1. The van der Waals surface area contributed by atoms with Crippen molar-refractivity contribution in [3.05, 3.63) is 94.5 Å². The van der Waals surface area contributed by atoms with Crippen LogP contribution in [0.5, 0.6) is 5.75 Å². The number of nitrogens with zero attached hydrogens (tertiary/aromatic N) is 8. The summed E-state index contributed by atoms with van der Waals surface area (Å²) in [6.07, 6.45) is 5.90. The number of nitrogens with two attached hydrogens (primary N) is 2. The van der Waals surface area contributed by atoms with Crippen molar-refractivity contribution in [2.45, 2.75) is 92.7 Å². The third-order valence-corrected chi connectivity index (χ3v) is 12.8. The summed E-state index contributed by atoms with van der Waals surface area (Å²) in [6.45, 7) is 6.77. The van der Waals surface area contributed by atoms with Crippen LogP contribution in [-0.4, -0.2) is 135 Å². The molecule has 29 nitrogen and oxygen atoms in total. The number of rotatable bonds is 30. The van der Waals surface area contributed by atoms with Crippen molar-refractivity contribution in [3.63, 3.8) is 0 Å². The SMILES string of the molecule is CCc1nc(C)oc1C(=O)Nc1nc2cc(C(N)=O)cnc2n1C/C=C/Cn1c(NC(=O)c2oc(C)nc2CC)nc2cc(C(N)=O)cc(OCCCOC(=O)[C@@H](C)CC(=O)CNC(=O)[C@H](CCC(=O)O)CC(=O)CN3C(=O)C=CC3=O)c21. The highest BCUT2D eigenvalue weighted by molar-refractivity contribution is 6.14. The van der Waals surface area contributed by atoms with Gasteiger partial charge in [0.1, 0.15) is 16.8 Å². The molecular weight excluding hydrogens is 1090 g/mol. The van der Waals surface area contributed by atoms with Gasteiger partial charge in [-0.25, -0.2) is 24.9 Å². The number of primary amides is 2. The molecule has 0 aliphatic carbocycles. The highest BCUT2D eigenvalue weighted by Crippen LogP contribution is 2.32. The molecular formula is C54H59N13O16. The van der Waals surface area contributed by atoms with Crippen LogP contribution in [0.15, 0.2) is 57.5 Å². The van der Waals surface area contributed by atoms with E-state index in [1.807, 2.05) is 6.92 Å². The van der Waals surface area contributed by atoms with E-state index < -0.39 is 103 Å². The summed E-state index contributed by atoms with van der Waals surface area (Å²) in [6, 6.07) is 4.22. The maximum Gasteiger partial charge on any atom is 0.309 e. The second-order valence-corrected chi connectivity index (χ2v) is 19.0. The van der Waals surface area contributed by atoms with E-state index in [0.29, 0.717) is 34.6 Å². The molecule has 0 saturated heterocycles. The Labute approximate surface area is 471 Å². The summed E-state index contributed by atoms with van der Waals surface area (Å²) in [5.41, 5.74) is 13.2. The number of carbonyl (C=O) groups excluding carboxylic acids is 10. The van der Waals surface area contributed by atoms with Crippen molar-refractivity contribution in [3.8, 4) is 5.75 Å². The number of oxazole rings is 2. The third kappa shape index (κ3) is 15.0. The molecule has 0 unspecified atom stereocenters. The summed E-state index contributed by atoms with van der Waals surface area (Å²) < 4.78 is 26.0. The second-order valence-electron chi connectivity index (χ2n) is 19.0. The number of carboxylic acids is 1. The van der Waals surface area contributed by atoms with Crippen molar-refractivity contribution in [1.82, 2.24) is 44.3 Å². The second kappa shape index (κ2) is 26.8. The molecule has 83 heavy (non-hydrogen) atoms. The number of Topliss-reactive ketones (excluding diaryl/α,β-unsaturated/α-hetero) is 2.